The van der Waals surface area contributed by atoms with E-state index in [1.165, 1.54) is 30.5 Å². The molecule has 1 fully saturated rings. The molecule has 2 atom stereocenters. The van der Waals surface area contributed by atoms with Gasteiger partial charge in [-0.3, -0.25) is 9.59 Å². The molecule has 38 heavy (non-hydrogen) atoms. The van der Waals surface area contributed by atoms with Crippen molar-refractivity contribution in [3.05, 3.63) is 119 Å². The number of halogens is 3. The smallest absolute Gasteiger partial charge is 0.416 e. The van der Waals surface area contributed by atoms with Crippen LogP contribution in [-0.2, 0) is 15.8 Å². The summed E-state index contributed by atoms with van der Waals surface area (Å²) in [4.78, 5) is 27.2. The summed E-state index contributed by atoms with van der Waals surface area (Å²) < 4.78 is 45.0. The van der Waals surface area contributed by atoms with Gasteiger partial charge in [-0.25, -0.2) is 0 Å². The van der Waals surface area contributed by atoms with Crippen LogP contribution in [0.25, 0.3) is 11.3 Å². The van der Waals surface area contributed by atoms with Crippen LogP contribution in [0.1, 0.15) is 45.4 Å². The monoisotopic (exact) mass is 512 g/mol. The molecule has 2 heterocycles. The fraction of sp³-hybridized carbons (Fsp3) is 0.167. The normalized spacial score (nSPS) is 23.6. The molecule has 5 nitrogen and oxygen atoms in total. The van der Waals surface area contributed by atoms with Crippen LogP contribution in [0.5, 0.6) is 0 Å². The number of rotatable bonds is 3. The van der Waals surface area contributed by atoms with E-state index in [4.69, 9.17) is 4.42 Å². The molecule has 4 aliphatic rings. The predicted molar refractivity (Wildman–Crippen MR) is 132 cm³/mol. The minimum absolute atomic E-state index is 0.211. The minimum Gasteiger partial charge on any atom is -0.455 e. The van der Waals surface area contributed by atoms with Gasteiger partial charge in [-0.05, 0) is 46.5 Å². The lowest BCUT2D eigenvalue weighted by Crippen LogP contribution is -2.41. The molecule has 1 aromatic heterocycles. The van der Waals surface area contributed by atoms with E-state index in [-0.39, 0.29) is 40.7 Å². The molecule has 8 rings (SSSR count). The van der Waals surface area contributed by atoms with Crippen LogP contribution in [0, 0.1) is 11.8 Å². The molecule has 3 aromatic carbocycles. The molecule has 4 aromatic rings. The van der Waals surface area contributed by atoms with Crippen molar-refractivity contribution in [2.24, 2.45) is 16.9 Å². The van der Waals surface area contributed by atoms with Crippen molar-refractivity contribution in [1.82, 2.24) is 5.01 Å². The lowest BCUT2D eigenvalue weighted by atomic mass is 9.55. The highest BCUT2D eigenvalue weighted by atomic mass is 19.4. The third-order valence-corrected chi connectivity index (χ3v) is 7.83. The Hall–Kier alpha value is -4.46. The predicted octanol–water partition coefficient (Wildman–Crippen LogP) is 6.19. The lowest BCUT2D eigenvalue weighted by Gasteiger charge is -2.45. The third kappa shape index (κ3) is 3.22. The second-order valence-corrected chi connectivity index (χ2v) is 9.78. The molecular formula is C30H19F3N2O3. The molecule has 0 radical (unpaired) electrons. The zero-order valence-electron chi connectivity index (χ0n) is 19.7. The van der Waals surface area contributed by atoms with Crippen molar-refractivity contribution in [2.45, 2.75) is 18.0 Å². The van der Waals surface area contributed by atoms with Gasteiger partial charge in [0.15, 0.2) is 0 Å². The van der Waals surface area contributed by atoms with Crippen molar-refractivity contribution in [2.75, 3.05) is 0 Å². The molecule has 1 saturated heterocycles. The molecule has 0 N–H and O–H groups in total. The topological polar surface area (TPSA) is 62.9 Å². The first kappa shape index (κ1) is 22.7. The molecule has 2 bridgehead atoms. The van der Waals surface area contributed by atoms with Crippen LogP contribution in [0.3, 0.4) is 0 Å². The van der Waals surface area contributed by atoms with Gasteiger partial charge in [-0.2, -0.15) is 23.3 Å². The molecule has 188 valence electrons. The second-order valence-electron chi connectivity index (χ2n) is 9.78. The van der Waals surface area contributed by atoms with Crippen LogP contribution in [0.2, 0.25) is 0 Å². The largest absolute Gasteiger partial charge is 0.455 e. The summed E-state index contributed by atoms with van der Waals surface area (Å²) in [6.45, 7) is 0. The maximum absolute atomic E-state index is 13.6. The first-order valence-electron chi connectivity index (χ1n) is 12.2. The highest BCUT2D eigenvalue weighted by molar-refractivity contribution is 6.08. The fourth-order valence-electron chi connectivity index (χ4n) is 6.32. The summed E-state index contributed by atoms with van der Waals surface area (Å²) in [7, 11) is 0. The van der Waals surface area contributed by atoms with Gasteiger partial charge >= 0.3 is 6.18 Å². The number of amides is 2. The van der Waals surface area contributed by atoms with Gasteiger partial charge < -0.3 is 4.42 Å². The summed E-state index contributed by atoms with van der Waals surface area (Å²) in [5.74, 6) is -1.86. The van der Waals surface area contributed by atoms with Crippen LogP contribution in [0.15, 0.2) is 94.4 Å². The summed E-state index contributed by atoms with van der Waals surface area (Å²) in [5.41, 5.74) is 3.75. The Labute approximate surface area is 215 Å². The van der Waals surface area contributed by atoms with Gasteiger partial charge in [0.2, 0.25) is 0 Å². The zero-order chi connectivity index (χ0) is 26.2. The van der Waals surface area contributed by atoms with Crippen molar-refractivity contribution in [1.29, 1.82) is 0 Å². The van der Waals surface area contributed by atoms with Crippen LogP contribution >= 0.6 is 0 Å². The van der Waals surface area contributed by atoms with E-state index in [9.17, 15) is 22.8 Å². The van der Waals surface area contributed by atoms with Gasteiger partial charge in [0.25, 0.3) is 11.8 Å². The van der Waals surface area contributed by atoms with Crippen LogP contribution in [-0.4, -0.2) is 23.0 Å². The van der Waals surface area contributed by atoms with E-state index >= 15 is 0 Å². The van der Waals surface area contributed by atoms with Gasteiger partial charge in [0.1, 0.15) is 11.5 Å². The minimum atomic E-state index is -4.47. The van der Waals surface area contributed by atoms with E-state index in [0.29, 0.717) is 0 Å². The molecule has 0 spiro atoms. The Morgan fingerprint density at radius 1 is 0.737 bits per heavy atom. The average molecular weight is 512 g/mol. The van der Waals surface area contributed by atoms with Crippen molar-refractivity contribution in [3.8, 4) is 11.3 Å². The molecule has 0 saturated carbocycles. The van der Waals surface area contributed by atoms with Gasteiger partial charge in [0, 0.05) is 17.4 Å². The van der Waals surface area contributed by atoms with Crippen molar-refractivity contribution < 1.29 is 27.2 Å². The summed E-state index contributed by atoms with van der Waals surface area (Å²) in [6, 6.07) is 23.8. The number of hydrogen-bond donors (Lipinski definition) is 0. The second kappa shape index (κ2) is 8.02. The van der Waals surface area contributed by atoms with E-state index in [2.05, 4.69) is 5.10 Å². The summed E-state index contributed by atoms with van der Waals surface area (Å²) >= 11 is 0. The number of hydrogen-bond acceptors (Lipinski definition) is 4. The number of benzene rings is 3. The first-order valence-corrected chi connectivity index (χ1v) is 12.2. The Balaban J connectivity index is 1.20. The molecule has 2 amide bonds. The molecule has 3 aliphatic carbocycles. The van der Waals surface area contributed by atoms with Crippen LogP contribution in [0.4, 0.5) is 13.2 Å². The number of nitrogens with zero attached hydrogens (tertiary/aromatic N) is 2. The SMILES string of the molecule is O=C1[C@@H]2C3c4ccccc4C(c4ccccc43)[C@@H]2C(=O)N1/N=C\c1ccc(-c2cccc(C(F)(F)F)c2)o1. The van der Waals surface area contributed by atoms with Gasteiger partial charge in [-0.1, -0.05) is 60.7 Å². The average Bonchev–Trinajstić information content (AvgIpc) is 3.50. The first-order chi connectivity index (χ1) is 18.3. The highest BCUT2D eigenvalue weighted by Crippen LogP contribution is 2.60. The van der Waals surface area contributed by atoms with Crippen LogP contribution < -0.4 is 0 Å². The number of imide groups is 1. The lowest BCUT2D eigenvalue weighted by molar-refractivity contribution is -0.140. The molecular weight excluding hydrogens is 493 g/mol. The van der Waals surface area contributed by atoms with E-state index < -0.39 is 23.6 Å². The Morgan fingerprint density at radius 2 is 1.29 bits per heavy atom. The summed E-state index contributed by atoms with van der Waals surface area (Å²) in [6.07, 6.45) is -3.22. The molecule has 0 unspecified atom stereocenters. The Bertz CT molecular complexity index is 1540. The maximum atomic E-state index is 13.6. The van der Waals surface area contributed by atoms with Crippen molar-refractivity contribution in [3.63, 3.8) is 0 Å². The Kier molecular flexibility index (Phi) is 4.79. The number of furan rings is 1. The number of hydrazone groups is 1. The maximum Gasteiger partial charge on any atom is 0.416 e. The molecule has 8 heteroatoms. The molecule has 1 aliphatic heterocycles. The van der Waals surface area contributed by atoms with E-state index in [1.54, 1.807) is 0 Å². The highest BCUT2D eigenvalue weighted by Gasteiger charge is 2.61. The quantitative estimate of drug-likeness (QED) is 0.243. The summed E-state index contributed by atoms with van der Waals surface area (Å²) in [5, 5.41) is 5.13. The van der Waals surface area contributed by atoms with E-state index in [1.807, 2.05) is 48.5 Å². The zero-order valence-corrected chi connectivity index (χ0v) is 19.7. The number of carbonyl (C=O) groups excluding carboxylic acids is 2. The number of alkyl halides is 3. The van der Waals surface area contributed by atoms with Crippen molar-refractivity contribution >= 4 is 18.0 Å². The van der Waals surface area contributed by atoms with Gasteiger partial charge in [-0.15, -0.1) is 0 Å². The number of carbonyl (C=O) groups is 2. The standard InChI is InChI=1S/C30H19F3N2O3/c31-30(32,33)17-7-5-6-16(14-17)23-13-12-18(38-23)15-34-35-28(36)26-24-19-8-1-2-9-20(19)25(27(26)29(35)37)22-11-4-3-10-21(22)24/h1-15,24-27H/b34-15-/t24?,25?,26-,27+. The third-order valence-electron chi connectivity index (χ3n) is 7.83. The fourth-order valence-corrected chi connectivity index (χ4v) is 6.32. The van der Waals surface area contributed by atoms with E-state index in [0.717, 1.165) is 39.4 Å². The van der Waals surface area contributed by atoms with Gasteiger partial charge in [0.05, 0.1) is 23.6 Å². The Morgan fingerprint density at radius 3 is 1.82 bits per heavy atom.